The molecule has 0 bridgehead atoms. The van der Waals surface area contributed by atoms with Crippen molar-refractivity contribution >= 4 is 5.97 Å². The van der Waals surface area contributed by atoms with Crippen LogP contribution < -0.4 is 0 Å². The smallest absolute Gasteiger partial charge is 0.314 e. The molecule has 1 aliphatic carbocycles. The van der Waals surface area contributed by atoms with E-state index in [-0.39, 0.29) is 17.8 Å². The van der Waals surface area contributed by atoms with Gasteiger partial charge in [-0.25, -0.2) is 0 Å². The van der Waals surface area contributed by atoms with Crippen LogP contribution in [-0.4, -0.2) is 12.6 Å². The summed E-state index contributed by atoms with van der Waals surface area (Å²) in [6.45, 7) is 2.26. The number of carbonyl (C=O) groups is 1. The van der Waals surface area contributed by atoms with Crippen molar-refractivity contribution in [3.05, 3.63) is 60.2 Å². The average Bonchev–Trinajstić information content (AvgIpc) is 2.42. The highest BCUT2D eigenvalue weighted by Crippen LogP contribution is 2.30. The Hall–Kier alpha value is -1.83. The first kappa shape index (κ1) is 12.6. The third-order valence-corrected chi connectivity index (χ3v) is 3.07. The highest BCUT2D eigenvalue weighted by atomic mass is 16.5. The largest absolute Gasteiger partial charge is 0.465 e. The Morgan fingerprint density at radius 1 is 1.28 bits per heavy atom. The van der Waals surface area contributed by atoms with Gasteiger partial charge >= 0.3 is 5.97 Å². The molecule has 0 saturated carbocycles. The van der Waals surface area contributed by atoms with E-state index < -0.39 is 0 Å². The number of hydrogen-bond donors (Lipinski definition) is 0. The monoisotopic (exact) mass is 242 g/mol. The SMILES string of the molecule is CCOC(=O)C(c1ccccc1)C1C=CCC=C1. The van der Waals surface area contributed by atoms with Crippen LogP contribution in [-0.2, 0) is 9.53 Å². The summed E-state index contributed by atoms with van der Waals surface area (Å²) in [5.41, 5.74) is 1.01. The Balaban J connectivity index is 2.28. The van der Waals surface area contributed by atoms with E-state index in [1.54, 1.807) is 0 Å². The van der Waals surface area contributed by atoms with Crippen LogP contribution in [0.4, 0.5) is 0 Å². The first-order valence-electron chi connectivity index (χ1n) is 6.38. The van der Waals surface area contributed by atoms with E-state index in [2.05, 4.69) is 24.3 Å². The van der Waals surface area contributed by atoms with E-state index in [0.717, 1.165) is 12.0 Å². The van der Waals surface area contributed by atoms with E-state index in [0.29, 0.717) is 6.61 Å². The summed E-state index contributed by atoms with van der Waals surface area (Å²) >= 11 is 0. The van der Waals surface area contributed by atoms with Gasteiger partial charge in [-0.15, -0.1) is 0 Å². The van der Waals surface area contributed by atoms with Crippen LogP contribution in [0.15, 0.2) is 54.6 Å². The Labute approximate surface area is 108 Å². The summed E-state index contributed by atoms with van der Waals surface area (Å²) in [6, 6.07) is 9.84. The summed E-state index contributed by atoms with van der Waals surface area (Å²) in [5, 5.41) is 0. The minimum absolute atomic E-state index is 0.0974. The standard InChI is InChI=1S/C16H18O2/c1-2-18-16(17)15(13-9-5-3-6-10-13)14-11-7-4-8-12-14/h3,5-12,14-15H,2,4H2,1H3. The van der Waals surface area contributed by atoms with Gasteiger partial charge in [0.1, 0.15) is 0 Å². The fourth-order valence-corrected chi connectivity index (χ4v) is 2.24. The van der Waals surface area contributed by atoms with Crippen LogP contribution in [0.25, 0.3) is 0 Å². The van der Waals surface area contributed by atoms with Crippen molar-refractivity contribution in [3.8, 4) is 0 Å². The van der Waals surface area contributed by atoms with Gasteiger partial charge in [-0.05, 0) is 18.9 Å². The summed E-state index contributed by atoms with van der Waals surface area (Å²) in [4.78, 5) is 12.2. The highest BCUT2D eigenvalue weighted by molar-refractivity contribution is 5.79. The quantitative estimate of drug-likeness (QED) is 0.597. The van der Waals surface area contributed by atoms with Crippen LogP contribution >= 0.6 is 0 Å². The molecule has 1 aromatic rings. The molecule has 2 nitrogen and oxygen atoms in total. The topological polar surface area (TPSA) is 26.3 Å². The maximum absolute atomic E-state index is 12.2. The molecule has 0 amide bonds. The number of esters is 1. The third kappa shape index (κ3) is 2.89. The van der Waals surface area contributed by atoms with Gasteiger partial charge in [0.15, 0.2) is 0 Å². The second-order valence-corrected chi connectivity index (χ2v) is 4.31. The van der Waals surface area contributed by atoms with Crippen molar-refractivity contribution in [1.82, 2.24) is 0 Å². The van der Waals surface area contributed by atoms with E-state index in [9.17, 15) is 4.79 Å². The Morgan fingerprint density at radius 3 is 2.56 bits per heavy atom. The normalized spacial score (nSPS) is 16.5. The van der Waals surface area contributed by atoms with E-state index in [4.69, 9.17) is 4.74 Å². The molecule has 0 saturated heterocycles. The van der Waals surface area contributed by atoms with Crippen molar-refractivity contribution in [2.75, 3.05) is 6.61 Å². The van der Waals surface area contributed by atoms with E-state index in [1.165, 1.54) is 0 Å². The molecule has 0 N–H and O–H groups in total. The molecule has 1 aliphatic rings. The van der Waals surface area contributed by atoms with Gasteiger partial charge in [-0.1, -0.05) is 54.6 Å². The molecule has 18 heavy (non-hydrogen) atoms. The molecule has 0 fully saturated rings. The first-order chi connectivity index (χ1) is 8.83. The second kappa shape index (κ2) is 6.20. The van der Waals surface area contributed by atoms with Crippen molar-refractivity contribution in [2.45, 2.75) is 19.3 Å². The summed E-state index contributed by atoms with van der Waals surface area (Å²) in [7, 11) is 0. The molecule has 2 rings (SSSR count). The van der Waals surface area contributed by atoms with Crippen LogP contribution in [0, 0.1) is 5.92 Å². The Morgan fingerprint density at radius 2 is 1.94 bits per heavy atom. The van der Waals surface area contributed by atoms with Crippen molar-refractivity contribution < 1.29 is 9.53 Å². The first-order valence-corrected chi connectivity index (χ1v) is 6.38. The number of hydrogen-bond acceptors (Lipinski definition) is 2. The van der Waals surface area contributed by atoms with Crippen molar-refractivity contribution in [1.29, 1.82) is 0 Å². The molecule has 0 aliphatic heterocycles. The van der Waals surface area contributed by atoms with Gasteiger partial charge in [0.25, 0.3) is 0 Å². The van der Waals surface area contributed by atoms with Crippen molar-refractivity contribution in [3.63, 3.8) is 0 Å². The van der Waals surface area contributed by atoms with Gasteiger partial charge in [0.2, 0.25) is 0 Å². The number of ether oxygens (including phenoxy) is 1. The minimum Gasteiger partial charge on any atom is -0.465 e. The van der Waals surface area contributed by atoms with Gasteiger partial charge in [0, 0.05) is 5.92 Å². The molecular weight excluding hydrogens is 224 g/mol. The third-order valence-electron chi connectivity index (χ3n) is 3.07. The maximum atomic E-state index is 12.2. The second-order valence-electron chi connectivity index (χ2n) is 4.31. The summed E-state index contributed by atoms with van der Waals surface area (Å²) in [5.74, 6) is -0.288. The maximum Gasteiger partial charge on any atom is 0.314 e. The average molecular weight is 242 g/mol. The number of rotatable bonds is 4. The van der Waals surface area contributed by atoms with Gasteiger partial charge < -0.3 is 4.74 Å². The lowest BCUT2D eigenvalue weighted by atomic mass is 9.84. The molecule has 0 spiro atoms. The lowest BCUT2D eigenvalue weighted by Crippen LogP contribution is -2.22. The zero-order chi connectivity index (χ0) is 12.8. The zero-order valence-corrected chi connectivity index (χ0v) is 10.6. The van der Waals surface area contributed by atoms with Crippen LogP contribution in [0.3, 0.4) is 0 Å². The predicted molar refractivity (Wildman–Crippen MR) is 72.2 cm³/mol. The Bertz CT molecular complexity index is 433. The molecule has 1 atom stereocenters. The van der Waals surface area contributed by atoms with Gasteiger partial charge in [-0.2, -0.15) is 0 Å². The number of allylic oxidation sites excluding steroid dienone is 4. The highest BCUT2D eigenvalue weighted by Gasteiger charge is 2.28. The molecule has 0 aromatic heterocycles. The molecule has 2 heteroatoms. The number of benzene rings is 1. The minimum atomic E-state index is -0.237. The molecule has 1 aromatic carbocycles. The van der Waals surface area contributed by atoms with E-state index in [1.807, 2.05) is 37.3 Å². The molecule has 1 unspecified atom stereocenters. The molecule has 0 radical (unpaired) electrons. The lowest BCUT2D eigenvalue weighted by molar-refractivity contribution is -0.145. The van der Waals surface area contributed by atoms with Crippen molar-refractivity contribution in [2.24, 2.45) is 5.92 Å². The summed E-state index contributed by atoms with van der Waals surface area (Å²) in [6.07, 6.45) is 9.32. The van der Waals surface area contributed by atoms with Gasteiger partial charge in [0.05, 0.1) is 12.5 Å². The van der Waals surface area contributed by atoms with Crippen LogP contribution in [0.5, 0.6) is 0 Å². The van der Waals surface area contributed by atoms with Crippen LogP contribution in [0.1, 0.15) is 24.8 Å². The lowest BCUT2D eigenvalue weighted by Gasteiger charge is -2.22. The predicted octanol–water partition coefficient (Wildman–Crippen LogP) is 3.47. The van der Waals surface area contributed by atoms with Gasteiger partial charge in [-0.3, -0.25) is 4.79 Å². The molecule has 94 valence electrons. The molecular formula is C16H18O2. The molecule has 0 heterocycles. The fraction of sp³-hybridized carbons (Fsp3) is 0.312. The van der Waals surface area contributed by atoms with Crippen LogP contribution in [0.2, 0.25) is 0 Å². The van der Waals surface area contributed by atoms with E-state index >= 15 is 0 Å². The summed E-state index contributed by atoms with van der Waals surface area (Å²) < 4.78 is 5.20. The zero-order valence-electron chi connectivity index (χ0n) is 10.6. The number of carbonyl (C=O) groups excluding carboxylic acids is 1. The fourth-order valence-electron chi connectivity index (χ4n) is 2.24. The Kier molecular flexibility index (Phi) is 4.35.